The number of hydrogen-bond donors (Lipinski definition) is 3. The fraction of sp³-hybridized carbons (Fsp3) is 0.933. The Kier molecular flexibility index (Phi) is 10.7. The predicted octanol–water partition coefficient (Wildman–Crippen LogP) is 1.30. The lowest BCUT2D eigenvalue weighted by Gasteiger charge is -2.20. The minimum atomic E-state index is -0.592. The third kappa shape index (κ3) is 10.2. The van der Waals surface area contributed by atoms with Crippen LogP contribution < -0.4 is 10.6 Å². The molecule has 0 aliphatic rings. The molecule has 5 nitrogen and oxygen atoms in total. The molecule has 0 fully saturated rings. The molecule has 0 aromatic rings. The lowest BCUT2D eigenvalue weighted by Crippen LogP contribution is -2.45. The largest absolute Gasteiger partial charge is 0.389 e. The van der Waals surface area contributed by atoms with E-state index in [2.05, 4.69) is 24.5 Å². The first kappa shape index (κ1) is 19.4. The summed E-state index contributed by atoms with van der Waals surface area (Å²) in [6.07, 6.45) is 1.46. The number of ether oxygens (including phenoxy) is 1. The summed E-state index contributed by atoms with van der Waals surface area (Å²) in [7, 11) is 0. The minimum absolute atomic E-state index is 0.0341. The number of nitrogens with one attached hydrogen (secondary N) is 2. The van der Waals surface area contributed by atoms with Crippen molar-refractivity contribution in [3.63, 3.8) is 0 Å². The Hall–Kier alpha value is -0.650. The van der Waals surface area contributed by atoms with E-state index in [1.807, 2.05) is 13.8 Å². The molecule has 1 amide bonds. The standard InChI is InChI=1S/C15H32N2O3/c1-6-7-16-15(19)13(5)17-9-14(18)10-20-12(4)8-11(2)3/h11-14,17-18H,6-10H2,1-5H3,(H,16,19). The van der Waals surface area contributed by atoms with Crippen molar-refractivity contribution in [1.29, 1.82) is 0 Å². The van der Waals surface area contributed by atoms with Crippen molar-refractivity contribution in [2.24, 2.45) is 5.92 Å². The van der Waals surface area contributed by atoms with Gasteiger partial charge in [0.2, 0.25) is 5.91 Å². The predicted molar refractivity (Wildman–Crippen MR) is 81.6 cm³/mol. The van der Waals surface area contributed by atoms with Crippen LogP contribution in [0.25, 0.3) is 0 Å². The Morgan fingerprint density at radius 3 is 2.45 bits per heavy atom. The van der Waals surface area contributed by atoms with Gasteiger partial charge in [0.05, 0.1) is 24.9 Å². The average molecular weight is 288 g/mol. The van der Waals surface area contributed by atoms with Gasteiger partial charge in [0.15, 0.2) is 0 Å². The molecule has 20 heavy (non-hydrogen) atoms. The molecule has 0 aliphatic heterocycles. The molecule has 0 saturated heterocycles. The number of carbonyl (C=O) groups is 1. The van der Waals surface area contributed by atoms with Crippen molar-refractivity contribution in [2.45, 2.75) is 65.7 Å². The normalized spacial score (nSPS) is 15.9. The Morgan fingerprint density at radius 1 is 1.25 bits per heavy atom. The Bertz CT molecular complexity index is 260. The molecule has 0 aliphatic carbocycles. The van der Waals surface area contributed by atoms with Gasteiger partial charge in [0, 0.05) is 13.1 Å². The van der Waals surface area contributed by atoms with E-state index in [0.29, 0.717) is 25.6 Å². The molecule has 3 unspecified atom stereocenters. The summed E-state index contributed by atoms with van der Waals surface area (Å²) in [6.45, 7) is 11.4. The van der Waals surface area contributed by atoms with Gasteiger partial charge in [-0.15, -0.1) is 0 Å². The highest BCUT2D eigenvalue weighted by Gasteiger charge is 2.14. The molecule has 3 N–H and O–H groups in total. The van der Waals surface area contributed by atoms with Gasteiger partial charge >= 0.3 is 0 Å². The fourth-order valence-corrected chi connectivity index (χ4v) is 1.87. The second kappa shape index (κ2) is 11.1. The van der Waals surface area contributed by atoms with Crippen molar-refractivity contribution < 1.29 is 14.6 Å². The van der Waals surface area contributed by atoms with E-state index in [1.165, 1.54) is 0 Å². The lowest BCUT2D eigenvalue weighted by atomic mass is 10.1. The number of hydrogen-bond acceptors (Lipinski definition) is 4. The Morgan fingerprint density at radius 2 is 1.90 bits per heavy atom. The van der Waals surface area contributed by atoms with Crippen LogP contribution in [0, 0.1) is 5.92 Å². The first-order chi connectivity index (χ1) is 9.36. The highest BCUT2D eigenvalue weighted by Crippen LogP contribution is 2.07. The van der Waals surface area contributed by atoms with Crippen LogP contribution in [0.3, 0.4) is 0 Å². The van der Waals surface area contributed by atoms with Crippen LogP contribution in [0.15, 0.2) is 0 Å². The molecule has 5 heteroatoms. The van der Waals surface area contributed by atoms with Crippen molar-refractivity contribution in [1.82, 2.24) is 10.6 Å². The molecule has 0 heterocycles. The van der Waals surface area contributed by atoms with Crippen LogP contribution in [0.5, 0.6) is 0 Å². The highest BCUT2D eigenvalue weighted by atomic mass is 16.5. The molecule has 0 saturated carbocycles. The van der Waals surface area contributed by atoms with E-state index in [9.17, 15) is 9.90 Å². The van der Waals surface area contributed by atoms with E-state index < -0.39 is 6.10 Å². The molecule has 0 spiro atoms. The molecule has 0 bridgehead atoms. The van der Waals surface area contributed by atoms with Gasteiger partial charge in [0.1, 0.15) is 0 Å². The Balaban J connectivity index is 3.76. The number of rotatable bonds is 11. The minimum Gasteiger partial charge on any atom is -0.389 e. The van der Waals surface area contributed by atoms with Gasteiger partial charge in [0.25, 0.3) is 0 Å². The summed E-state index contributed by atoms with van der Waals surface area (Å²) >= 11 is 0. The summed E-state index contributed by atoms with van der Waals surface area (Å²) in [6, 6.07) is -0.302. The monoisotopic (exact) mass is 288 g/mol. The first-order valence-corrected chi connectivity index (χ1v) is 7.67. The maximum Gasteiger partial charge on any atom is 0.236 e. The number of aliphatic hydroxyl groups is 1. The van der Waals surface area contributed by atoms with Crippen LogP contribution in [-0.2, 0) is 9.53 Å². The zero-order chi connectivity index (χ0) is 15.5. The molecule has 3 atom stereocenters. The van der Waals surface area contributed by atoms with Gasteiger partial charge in [-0.3, -0.25) is 4.79 Å². The third-order valence-corrected chi connectivity index (χ3v) is 2.98. The third-order valence-electron chi connectivity index (χ3n) is 2.98. The van der Waals surface area contributed by atoms with Crippen molar-refractivity contribution >= 4 is 5.91 Å². The van der Waals surface area contributed by atoms with Crippen molar-refractivity contribution in [3.05, 3.63) is 0 Å². The van der Waals surface area contributed by atoms with Gasteiger partial charge in [-0.25, -0.2) is 0 Å². The number of carbonyl (C=O) groups excluding carboxylic acids is 1. The van der Waals surface area contributed by atoms with Crippen LogP contribution >= 0.6 is 0 Å². The second-order valence-electron chi connectivity index (χ2n) is 5.85. The molecule has 0 radical (unpaired) electrons. The Labute approximate surface area is 123 Å². The summed E-state index contributed by atoms with van der Waals surface area (Å²) in [5.41, 5.74) is 0. The average Bonchev–Trinajstić information content (AvgIpc) is 2.38. The van der Waals surface area contributed by atoms with Crippen molar-refractivity contribution in [3.8, 4) is 0 Å². The van der Waals surface area contributed by atoms with Gasteiger partial charge in [-0.1, -0.05) is 20.8 Å². The van der Waals surface area contributed by atoms with Crippen LogP contribution in [-0.4, -0.2) is 49.0 Å². The molecule has 0 rings (SSSR count). The van der Waals surface area contributed by atoms with Crippen molar-refractivity contribution in [2.75, 3.05) is 19.7 Å². The molecule has 0 aromatic carbocycles. The van der Waals surface area contributed by atoms with Gasteiger partial charge in [-0.05, 0) is 32.6 Å². The fourth-order valence-electron chi connectivity index (χ4n) is 1.87. The van der Waals surface area contributed by atoms with E-state index in [4.69, 9.17) is 4.74 Å². The lowest BCUT2D eigenvalue weighted by molar-refractivity contribution is -0.122. The molecule has 0 aromatic heterocycles. The van der Waals surface area contributed by atoms with E-state index in [-0.39, 0.29) is 18.1 Å². The maximum atomic E-state index is 11.6. The summed E-state index contributed by atoms with van der Waals surface area (Å²) in [4.78, 5) is 11.6. The van der Waals surface area contributed by atoms with E-state index >= 15 is 0 Å². The van der Waals surface area contributed by atoms with Crippen LogP contribution in [0.4, 0.5) is 0 Å². The summed E-state index contributed by atoms with van der Waals surface area (Å²) in [5.74, 6) is 0.552. The maximum absolute atomic E-state index is 11.6. The zero-order valence-electron chi connectivity index (χ0n) is 13.6. The smallest absolute Gasteiger partial charge is 0.236 e. The summed E-state index contributed by atoms with van der Waals surface area (Å²) in [5, 5.41) is 15.6. The zero-order valence-corrected chi connectivity index (χ0v) is 13.6. The highest BCUT2D eigenvalue weighted by molar-refractivity contribution is 5.81. The van der Waals surface area contributed by atoms with Gasteiger partial charge in [-0.2, -0.15) is 0 Å². The molecule has 120 valence electrons. The topological polar surface area (TPSA) is 70.6 Å². The van der Waals surface area contributed by atoms with Crippen LogP contribution in [0.2, 0.25) is 0 Å². The number of aliphatic hydroxyl groups excluding tert-OH is 1. The van der Waals surface area contributed by atoms with E-state index in [0.717, 1.165) is 12.8 Å². The molecular formula is C15H32N2O3. The quantitative estimate of drug-likeness (QED) is 0.536. The van der Waals surface area contributed by atoms with Gasteiger partial charge < -0.3 is 20.5 Å². The van der Waals surface area contributed by atoms with E-state index in [1.54, 1.807) is 6.92 Å². The SMILES string of the molecule is CCCNC(=O)C(C)NCC(O)COC(C)CC(C)C. The second-order valence-corrected chi connectivity index (χ2v) is 5.85. The van der Waals surface area contributed by atoms with Crippen LogP contribution in [0.1, 0.15) is 47.5 Å². The first-order valence-electron chi connectivity index (χ1n) is 7.67. The number of amides is 1. The molecular weight excluding hydrogens is 256 g/mol. The summed E-state index contributed by atoms with van der Waals surface area (Å²) < 4.78 is 5.58.